The molecule has 0 spiro atoms. The molecule has 2 heterocycles. The molecule has 1 aliphatic carbocycles. The van der Waals surface area contributed by atoms with Gasteiger partial charge >= 0.3 is 0 Å². The number of pyridine rings is 2. The summed E-state index contributed by atoms with van der Waals surface area (Å²) in [6.07, 6.45) is 7.90. The molecule has 0 radical (unpaired) electrons. The van der Waals surface area contributed by atoms with Crippen LogP contribution in [0.5, 0.6) is 0 Å². The first-order chi connectivity index (χ1) is 11.7. The van der Waals surface area contributed by atoms with Crippen LogP contribution in [0.3, 0.4) is 0 Å². The van der Waals surface area contributed by atoms with Crippen molar-refractivity contribution in [3.63, 3.8) is 0 Å². The summed E-state index contributed by atoms with van der Waals surface area (Å²) >= 11 is 0. The van der Waals surface area contributed by atoms with Crippen LogP contribution < -0.4 is 11.5 Å². The average Bonchev–Trinajstić information content (AvgIpc) is 2.99. The van der Waals surface area contributed by atoms with Crippen LogP contribution in [0, 0.1) is 6.92 Å². The Balaban J connectivity index is 2.12. The summed E-state index contributed by atoms with van der Waals surface area (Å²) in [5.41, 5.74) is 17.3. The van der Waals surface area contributed by atoms with Gasteiger partial charge in [0, 0.05) is 23.2 Å². The highest BCUT2D eigenvalue weighted by atomic mass is 14.9. The number of hydrogen-bond acceptors (Lipinski definition) is 5. The van der Waals surface area contributed by atoms with Gasteiger partial charge in [0.15, 0.2) is 5.82 Å². The fraction of sp³-hybridized carbons (Fsp3) is 0.211. The Morgan fingerprint density at radius 2 is 2.12 bits per heavy atom. The molecule has 1 aliphatic rings. The summed E-state index contributed by atoms with van der Waals surface area (Å²) in [6.45, 7) is 1.96. The second kappa shape index (κ2) is 7.08. The lowest BCUT2D eigenvalue weighted by molar-refractivity contribution is 0.896. The van der Waals surface area contributed by atoms with Gasteiger partial charge in [-0.2, -0.15) is 0 Å². The molecule has 24 heavy (non-hydrogen) atoms. The van der Waals surface area contributed by atoms with E-state index in [0.717, 1.165) is 53.2 Å². The Labute approximate surface area is 141 Å². The molecular weight excluding hydrogens is 298 g/mol. The molecule has 0 fully saturated rings. The highest BCUT2D eigenvalue weighted by molar-refractivity contribution is 6.14. The quantitative estimate of drug-likeness (QED) is 0.847. The van der Waals surface area contributed by atoms with E-state index in [1.165, 1.54) is 6.20 Å². The van der Waals surface area contributed by atoms with Crippen LogP contribution in [0.2, 0.25) is 0 Å². The smallest absolute Gasteiger partial charge is 0.152 e. The third-order valence-corrected chi connectivity index (χ3v) is 3.97. The number of aromatic nitrogens is 2. The highest BCUT2D eigenvalue weighted by Crippen LogP contribution is 2.28. The zero-order valence-corrected chi connectivity index (χ0v) is 13.7. The van der Waals surface area contributed by atoms with Crippen LogP contribution in [0.25, 0.3) is 6.08 Å². The molecule has 122 valence electrons. The van der Waals surface area contributed by atoms with Crippen molar-refractivity contribution in [2.75, 3.05) is 0 Å². The summed E-state index contributed by atoms with van der Waals surface area (Å²) < 4.78 is 0. The highest BCUT2D eigenvalue weighted by Gasteiger charge is 2.19. The van der Waals surface area contributed by atoms with Gasteiger partial charge in [-0.15, -0.1) is 0 Å². The lowest BCUT2D eigenvalue weighted by atomic mass is 10.0. The zero-order valence-electron chi connectivity index (χ0n) is 13.7. The minimum atomic E-state index is 0.685. The molecule has 5 nitrogen and oxygen atoms in total. The van der Waals surface area contributed by atoms with E-state index in [4.69, 9.17) is 16.5 Å². The van der Waals surface area contributed by atoms with Crippen molar-refractivity contribution in [2.45, 2.75) is 26.2 Å². The molecule has 0 bridgehead atoms. The Kier molecular flexibility index (Phi) is 4.70. The Bertz CT molecular complexity index is 833. The Morgan fingerprint density at radius 1 is 1.25 bits per heavy atom. The van der Waals surface area contributed by atoms with E-state index in [1.54, 1.807) is 12.3 Å². The van der Waals surface area contributed by atoms with Crippen LogP contribution in [-0.2, 0) is 0 Å². The SMILES string of the molecule is Cc1cccc(N=C(C2=C(N)CCC2)c2ccnc(C=CN)c2)n1. The summed E-state index contributed by atoms with van der Waals surface area (Å²) in [5, 5.41) is 0. The largest absolute Gasteiger partial charge is 0.405 e. The van der Waals surface area contributed by atoms with Gasteiger partial charge in [0.1, 0.15) is 0 Å². The maximum absolute atomic E-state index is 6.23. The topological polar surface area (TPSA) is 90.2 Å². The Morgan fingerprint density at radius 3 is 2.83 bits per heavy atom. The van der Waals surface area contributed by atoms with E-state index in [2.05, 4.69) is 9.97 Å². The van der Waals surface area contributed by atoms with Gasteiger partial charge in [0.2, 0.25) is 0 Å². The fourth-order valence-electron chi connectivity index (χ4n) is 2.83. The molecule has 2 aromatic rings. The Hall–Kier alpha value is -2.95. The first-order valence-electron chi connectivity index (χ1n) is 8.02. The number of rotatable bonds is 4. The van der Waals surface area contributed by atoms with E-state index < -0.39 is 0 Å². The fourth-order valence-corrected chi connectivity index (χ4v) is 2.83. The zero-order chi connectivity index (χ0) is 16.9. The standard InChI is InChI=1S/C19H21N5/c1-13-4-2-7-18(23-13)24-19(16-5-3-6-17(16)21)14-9-11-22-15(12-14)8-10-20/h2,4,7-12H,3,5-6,20-21H2,1H3. The second-order valence-corrected chi connectivity index (χ2v) is 5.78. The van der Waals surface area contributed by atoms with Crippen molar-refractivity contribution < 1.29 is 0 Å². The van der Waals surface area contributed by atoms with Gasteiger partial charge in [0.05, 0.1) is 11.4 Å². The number of aryl methyl sites for hydroxylation is 1. The molecule has 5 heteroatoms. The van der Waals surface area contributed by atoms with Gasteiger partial charge in [-0.1, -0.05) is 6.07 Å². The molecule has 0 unspecified atom stereocenters. The van der Waals surface area contributed by atoms with Crippen molar-refractivity contribution in [3.8, 4) is 0 Å². The monoisotopic (exact) mass is 319 g/mol. The van der Waals surface area contributed by atoms with Crippen LogP contribution in [0.4, 0.5) is 5.82 Å². The van der Waals surface area contributed by atoms with E-state index in [1.807, 2.05) is 37.3 Å². The molecule has 3 rings (SSSR count). The first kappa shape index (κ1) is 15.9. The predicted molar refractivity (Wildman–Crippen MR) is 97.7 cm³/mol. The molecule has 4 N–H and O–H groups in total. The third kappa shape index (κ3) is 3.51. The minimum Gasteiger partial charge on any atom is -0.405 e. The van der Waals surface area contributed by atoms with Crippen molar-refractivity contribution in [1.29, 1.82) is 0 Å². The first-order valence-corrected chi connectivity index (χ1v) is 8.02. The van der Waals surface area contributed by atoms with Crippen LogP contribution in [-0.4, -0.2) is 15.7 Å². The molecule has 0 saturated heterocycles. The van der Waals surface area contributed by atoms with E-state index >= 15 is 0 Å². The minimum absolute atomic E-state index is 0.685. The van der Waals surface area contributed by atoms with E-state index in [-0.39, 0.29) is 0 Å². The van der Waals surface area contributed by atoms with Crippen molar-refractivity contribution in [3.05, 3.63) is 71.0 Å². The molecule has 2 aromatic heterocycles. The number of nitrogens with two attached hydrogens (primary N) is 2. The lowest BCUT2D eigenvalue weighted by Crippen LogP contribution is -2.09. The number of allylic oxidation sites excluding steroid dienone is 2. The van der Waals surface area contributed by atoms with Crippen LogP contribution in [0.1, 0.15) is 36.2 Å². The van der Waals surface area contributed by atoms with Gasteiger partial charge in [-0.3, -0.25) is 4.98 Å². The summed E-state index contributed by atoms with van der Waals surface area (Å²) in [6, 6.07) is 9.73. The normalized spacial score (nSPS) is 15.5. The van der Waals surface area contributed by atoms with Gasteiger partial charge in [-0.05, 0) is 68.3 Å². The van der Waals surface area contributed by atoms with Gasteiger partial charge < -0.3 is 11.5 Å². The third-order valence-electron chi connectivity index (χ3n) is 3.97. The molecule has 0 amide bonds. The van der Waals surface area contributed by atoms with Crippen molar-refractivity contribution in [1.82, 2.24) is 9.97 Å². The number of hydrogen-bond donors (Lipinski definition) is 2. The predicted octanol–water partition coefficient (Wildman–Crippen LogP) is 3.23. The maximum atomic E-state index is 6.23. The molecule has 0 aliphatic heterocycles. The summed E-state index contributed by atoms with van der Waals surface area (Å²) in [7, 11) is 0. The summed E-state index contributed by atoms with van der Waals surface area (Å²) in [4.78, 5) is 13.6. The van der Waals surface area contributed by atoms with Crippen LogP contribution >= 0.6 is 0 Å². The van der Waals surface area contributed by atoms with Gasteiger partial charge in [0.25, 0.3) is 0 Å². The van der Waals surface area contributed by atoms with E-state index in [9.17, 15) is 0 Å². The second-order valence-electron chi connectivity index (χ2n) is 5.78. The molecule has 0 saturated carbocycles. The van der Waals surface area contributed by atoms with Gasteiger partial charge in [-0.25, -0.2) is 9.98 Å². The van der Waals surface area contributed by atoms with Crippen molar-refractivity contribution in [2.24, 2.45) is 16.5 Å². The lowest BCUT2D eigenvalue weighted by Gasteiger charge is -2.10. The van der Waals surface area contributed by atoms with Crippen molar-refractivity contribution >= 4 is 17.6 Å². The summed E-state index contributed by atoms with van der Waals surface area (Å²) in [5.74, 6) is 0.685. The average molecular weight is 319 g/mol. The molecule has 0 aromatic carbocycles. The molecular formula is C19H21N5. The number of nitrogens with zero attached hydrogens (tertiary/aromatic N) is 3. The van der Waals surface area contributed by atoms with E-state index in [0.29, 0.717) is 5.82 Å². The molecule has 0 atom stereocenters. The maximum Gasteiger partial charge on any atom is 0.152 e. The van der Waals surface area contributed by atoms with Crippen LogP contribution in [0.15, 0.2) is 59.0 Å². The number of aliphatic imine (C=N–C) groups is 1.